The van der Waals surface area contributed by atoms with E-state index in [1.807, 2.05) is 48.5 Å². The number of hydrogen-bond acceptors (Lipinski definition) is 12. The van der Waals surface area contributed by atoms with Crippen molar-refractivity contribution in [2.45, 2.75) is 27.7 Å². The Morgan fingerprint density at radius 2 is 0.474 bits per heavy atom. The Kier molecular flexibility index (Phi) is 26.5. The minimum atomic E-state index is -1.08. The summed E-state index contributed by atoms with van der Waals surface area (Å²) in [5.41, 5.74) is 7.81. The van der Waals surface area contributed by atoms with Crippen LogP contribution in [0.1, 0.15) is 72.2 Å². The van der Waals surface area contributed by atoms with Gasteiger partial charge in [0.05, 0.1) is 0 Å². The van der Waals surface area contributed by atoms with E-state index in [2.05, 4.69) is 164 Å². The van der Waals surface area contributed by atoms with Gasteiger partial charge in [-0.1, -0.05) is 95.9 Å². The van der Waals surface area contributed by atoms with Crippen LogP contribution in [0.15, 0.2) is 195 Å². The second kappa shape index (κ2) is 33.1. The van der Waals surface area contributed by atoms with Crippen LogP contribution in [0.3, 0.4) is 0 Å². The molecule has 4 aromatic heterocycles. The first-order valence-corrected chi connectivity index (χ1v) is 23.0. The van der Waals surface area contributed by atoms with Crippen molar-refractivity contribution in [1.29, 1.82) is 0 Å². The summed E-state index contributed by atoms with van der Waals surface area (Å²) >= 11 is 0. The number of carbonyl (C=O) groups is 4. The molecule has 0 atom stereocenters. The monoisotopic (exact) mass is 1110 g/mol. The molecule has 0 unspecified atom stereocenters. The molecule has 14 heteroatoms. The van der Waals surface area contributed by atoms with Gasteiger partial charge in [-0.3, -0.25) is 19.9 Å². The van der Waals surface area contributed by atoms with E-state index >= 15 is 0 Å². The minimum Gasteiger partial charge on any atom is -0.550 e. The number of pyridine rings is 4. The summed E-state index contributed by atoms with van der Waals surface area (Å²) in [5.74, 6) is 21.9. The molecule has 4 heterocycles. The number of aromatic nitrogens is 4. The topological polar surface area (TPSA) is 212 Å². The van der Waals surface area contributed by atoms with Gasteiger partial charge >= 0.3 is 34.1 Å². The molecular weight excluding hydrogens is 1060 g/mol. The van der Waals surface area contributed by atoms with E-state index in [-0.39, 0.29) is 34.1 Å². The van der Waals surface area contributed by atoms with Crippen molar-refractivity contribution < 1.29 is 73.7 Å². The largest absolute Gasteiger partial charge is 2.00 e. The van der Waals surface area contributed by atoms with Crippen LogP contribution in [0.5, 0.6) is 0 Å². The summed E-state index contributed by atoms with van der Waals surface area (Å²) in [7, 11) is 0. The normalized spacial score (nSPS) is 9.08. The van der Waals surface area contributed by atoms with Crippen LogP contribution in [0.4, 0.5) is 0 Å². The second-order valence-corrected chi connectivity index (χ2v) is 15.7. The van der Waals surface area contributed by atoms with Crippen LogP contribution in [0.25, 0.3) is 43.1 Å². The maximum absolute atomic E-state index is 8.89. The van der Waals surface area contributed by atoms with Crippen LogP contribution in [0.2, 0.25) is 0 Å². The fourth-order valence-electron chi connectivity index (χ4n) is 6.84. The molecule has 0 saturated heterocycles. The second-order valence-electron chi connectivity index (χ2n) is 15.7. The van der Waals surface area contributed by atoms with Crippen molar-refractivity contribution in [3.63, 3.8) is 0 Å². The van der Waals surface area contributed by atoms with E-state index in [0.29, 0.717) is 0 Å². The minimum absolute atomic E-state index is 0. The molecule has 6 aromatic carbocycles. The maximum Gasteiger partial charge on any atom is 2.00 e. The molecule has 0 N–H and O–H groups in total. The average molecular weight is 1110 g/mol. The first-order valence-electron chi connectivity index (χ1n) is 23.0. The summed E-state index contributed by atoms with van der Waals surface area (Å²) in [5, 5.41) is 44.8. The van der Waals surface area contributed by atoms with Gasteiger partial charge in [-0.05, 0) is 168 Å². The Morgan fingerprint density at radius 3 is 0.654 bits per heavy atom. The molecule has 10 aromatic rings. The number of aliphatic carboxylic acids is 4. The fraction of sp³-hybridized carbons (Fsp3) is 0.0625. The average Bonchev–Trinajstić information content (AvgIpc) is 3.40. The molecule has 0 aliphatic carbocycles. The van der Waals surface area contributed by atoms with E-state index < -0.39 is 23.9 Å². The van der Waals surface area contributed by atoms with Crippen LogP contribution in [-0.4, -0.2) is 43.8 Å². The Hall–Kier alpha value is -9.88. The standard InChI is InChI=1S/2C28H16N2.4C2H4O2.2Mn/c2*1-3-23(9-7-21-11-15-29-16-12-21)27-20-28-24(10-8-22-13-17-30-18-14-22)4-2-6-26(28)19-25(27)5-1;4*1-2(3)4;;/h2*1-6,11-20H;4*1H3,(H,3,4);;/q;;;;;;2*+2/p-4. The zero-order valence-electron chi connectivity index (χ0n) is 42.3. The van der Waals surface area contributed by atoms with Gasteiger partial charge in [0.2, 0.25) is 0 Å². The van der Waals surface area contributed by atoms with Crippen molar-refractivity contribution in [3.8, 4) is 47.4 Å². The van der Waals surface area contributed by atoms with Crippen molar-refractivity contribution in [1.82, 2.24) is 19.9 Å². The van der Waals surface area contributed by atoms with Crippen molar-refractivity contribution in [2.24, 2.45) is 0 Å². The first kappa shape index (κ1) is 62.4. The third-order valence-electron chi connectivity index (χ3n) is 9.85. The van der Waals surface area contributed by atoms with E-state index in [1.54, 1.807) is 49.6 Å². The Labute approximate surface area is 472 Å². The number of carboxylic acid groups (broad SMARTS) is 4. The van der Waals surface area contributed by atoms with E-state index in [0.717, 1.165) is 93.7 Å². The molecule has 0 saturated carbocycles. The van der Waals surface area contributed by atoms with Crippen molar-refractivity contribution >= 4 is 67.0 Å². The van der Waals surface area contributed by atoms with Gasteiger partial charge in [0, 0.05) is 118 Å². The predicted octanol–water partition coefficient (Wildman–Crippen LogP) is 6.19. The van der Waals surface area contributed by atoms with Crippen LogP contribution >= 0.6 is 0 Å². The van der Waals surface area contributed by atoms with Gasteiger partial charge in [0.1, 0.15) is 0 Å². The Bertz CT molecular complexity index is 3390. The maximum atomic E-state index is 8.89. The smallest absolute Gasteiger partial charge is 0.550 e. The van der Waals surface area contributed by atoms with Gasteiger partial charge in [-0.25, -0.2) is 0 Å². The molecule has 10 rings (SSSR count). The zero-order valence-corrected chi connectivity index (χ0v) is 44.6. The summed E-state index contributed by atoms with van der Waals surface area (Å²) < 4.78 is 0. The molecule has 0 aliphatic rings. The number of hydrogen-bond donors (Lipinski definition) is 0. The summed E-state index contributed by atoms with van der Waals surface area (Å²) in [6.45, 7) is 3.89. The summed E-state index contributed by atoms with van der Waals surface area (Å²) in [4.78, 5) is 51.8. The number of rotatable bonds is 0. The number of fused-ring (bicyclic) bond motifs is 4. The van der Waals surface area contributed by atoms with Crippen LogP contribution in [0, 0.1) is 47.4 Å². The number of carboxylic acids is 4. The van der Waals surface area contributed by atoms with Gasteiger partial charge in [0.25, 0.3) is 0 Å². The molecule has 12 nitrogen and oxygen atoms in total. The van der Waals surface area contributed by atoms with Gasteiger partial charge in [-0.15, -0.1) is 0 Å². The molecule has 0 amide bonds. The molecule has 0 fully saturated rings. The van der Waals surface area contributed by atoms with Gasteiger partial charge in [-0.2, -0.15) is 0 Å². The fourth-order valence-corrected chi connectivity index (χ4v) is 6.84. The molecule has 2 radical (unpaired) electrons. The van der Waals surface area contributed by atoms with E-state index in [9.17, 15) is 0 Å². The summed E-state index contributed by atoms with van der Waals surface area (Å²) in [6, 6.07) is 49.1. The van der Waals surface area contributed by atoms with Crippen molar-refractivity contribution in [3.05, 3.63) is 240 Å². The first-order chi connectivity index (χ1) is 36.7. The molecule has 0 aliphatic heterocycles. The van der Waals surface area contributed by atoms with Gasteiger partial charge in [0.15, 0.2) is 0 Å². The SMILES string of the molecule is C(#Cc1cccc2cc3cccc(C#Cc4ccncc4)c3cc12)c1ccncc1.C(#Cc1cccc2cc3cccc(C#Cc4ccncc4)c3cc12)c1ccncc1.CC(=O)[O-].CC(=O)[O-].CC(=O)[O-].CC(=O)[O-].[Mn+2].[Mn+2]. The zero-order chi connectivity index (χ0) is 54.7. The Balaban J connectivity index is 0.000000316. The van der Waals surface area contributed by atoms with Crippen molar-refractivity contribution in [2.75, 3.05) is 0 Å². The quantitative estimate of drug-likeness (QED) is 0.0946. The third-order valence-corrected chi connectivity index (χ3v) is 9.85. The predicted molar refractivity (Wildman–Crippen MR) is 287 cm³/mol. The molecule has 382 valence electrons. The number of nitrogens with zero attached hydrogens (tertiary/aromatic N) is 4. The van der Waals surface area contributed by atoms with E-state index in [1.165, 1.54) is 21.5 Å². The Morgan fingerprint density at radius 1 is 0.295 bits per heavy atom. The van der Waals surface area contributed by atoms with Crippen LogP contribution < -0.4 is 20.4 Å². The summed E-state index contributed by atoms with van der Waals surface area (Å²) in [6.07, 6.45) is 14.1. The van der Waals surface area contributed by atoms with Gasteiger partial charge < -0.3 is 39.6 Å². The number of benzene rings is 6. The molecule has 0 bridgehead atoms. The van der Waals surface area contributed by atoms with Crippen LogP contribution in [-0.2, 0) is 53.3 Å². The number of carbonyl (C=O) groups excluding carboxylic acids is 4. The third kappa shape index (κ3) is 21.5. The molecule has 0 spiro atoms. The molecular formula is C64H44Mn2N4O8. The molecule has 78 heavy (non-hydrogen) atoms. The van der Waals surface area contributed by atoms with E-state index in [4.69, 9.17) is 39.6 Å².